The van der Waals surface area contributed by atoms with E-state index in [0.29, 0.717) is 39.0 Å². The van der Waals surface area contributed by atoms with E-state index in [-0.39, 0.29) is 17.4 Å². The molecule has 4 nitrogen and oxygen atoms in total. The first-order chi connectivity index (χ1) is 11.3. The molecule has 1 amide bonds. The van der Waals surface area contributed by atoms with E-state index < -0.39 is 23.2 Å². The number of hydrogen-bond donors (Lipinski definition) is 2. The molecular formula is C18H25F2NO3. The van der Waals surface area contributed by atoms with Gasteiger partial charge in [0.1, 0.15) is 11.6 Å². The summed E-state index contributed by atoms with van der Waals surface area (Å²) in [4.78, 5) is 12.9. The number of rotatable bonds is 6. The first-order valence-electron chi connectivity index (χ1n) is 8.35. The molecule has 1 aliphatic heterocycles. The third kappa shape index (κ3) is 4.30. The van der Waals surface area contributed by atoms with Crippen LogP contribution in [0.15, 0.2) is 18.2 Å². The van der Waals surface area contributed by atoms with E-state index in [2.05, 4.69) is 5.32 Å². The van der Waals surface area contributed by atoms with Crippen LogP contribution in [-0.4, -0.2) is 36.9 Å². The van der Waals surface area contributed by atoms with Crippen LogP contribution in [0.2, 0.25) is 0 Å². The Hall–Kier alpha value is -1.53. The molecule has 1 aliphatic rings. The molecular weight excluding hydrogens is 316 g/mol. The van der Waals surface area contributed by atoms with Crippen LogP contribution in [0, 0.1) is 17.6 Å². The minimum Gasteiger partial charge on any atom is -0.393 e. The predicted molar refractivity (Wildman–Crippen MR) is 86.6 cm³/mol. The molecule has 1 fully saturated rings. The molecule has 0 saturated carbocycles. The molecule has 24 heavy (non-hydrogen) atoms. The van der Waals surface area contributed by atoms with Crippen molar-refractivity contribution in [2.75, 3.05) is 19.8 Å². The Balaban J connectivity index is 2.19. The van der Waals surface area contributed by atoms with Gasteiger partial charge in [-0.3, -0.25) is 4.79 Å². The fourth-order valence-electron chi connectivity index (χ4n) is 3.32. The minimum absolute atomic E-state index is 0.101. The van der Waals surface area contributed by atoms with Gasteiger partial charge in [0.05, 0.1) is 11.5 Å². The molecule has 0 bridgehead atoms. The van der Waals surface area contributed by atoms with E-state index in [1.165, 1.54) is 12.1 Å². The zero-order valence-corrected chi connectivity index (χ0v) is 14.1. The Morgan fingerprint density at radius 3 is 2.58 bits per heavy atom. The van der Waals surface area contributed by atoms with E-state index in [4.69, 9.17) is 4.74 Å². The van der Waals surface area contributed by atoms with Crippen molar-refractivity contribution in [3.63, 3.8) is 0 Å². The molecule has 0 spiro atoms. The molecule has 2 rings (SSSR count). The van der Waals surface area contributed by atoms with Gasteiger partial charge in [0, 0.05) is 31.4 Å². The highest BCUT2D eigenvalue weighted by molar-refractivity contribution is 5.88. The lowest BCUT2D eigenvalue weighted by Crippen LogP contribution is -2.49. The summed E-state index contributed by atoms with van der Waals surface area (Å²) in [6.45, 7) is 4.74. The Kier molecular flexibility index (Phi) is 6.29. The van der Waals surface area contributed by atoms with Crippen molar-refractivity contribution in [3.8, 4) is 0 Å². The molecule has 1 saturated heterocycles. The highest BCUT2D eigenvalue weighted by Gasteiger charge is 2.43. The molecule has 2 N–H and O–H groups in total. The third-order valence-corrected chi connectivity index (χ3v) is 4.58. The average Bonchev–Trinajstić information content (AvgIpc) is 2.52. The summed E-state index contributed by atoms with van der Waals surface area (Å²) in [5.41, 5.74) is -0.825. The average molecular weight is 341 g/mol. The number of amides is 1. The van der Waals surface area contributed by atoms with Gasteiger partial charge in [-0.1, -0.05) is 13.0 Å². The Morgan fingerprint density at radius 1 is 1.33 bits per heavy atom. The first kappa shape index (κ1) is 18.8. The van der Waals surface area contributed by atoms with Crippen molar-refractivity contribution >= 4 is 5.91 Å². The second kappa shape index (κ2) is 8.03. The molecule has 1 aromatic carbocycles. The summed E-state index contributed by atoms with van der Waals surface area (Å²) in [6.07, 6.45) is 0.836. The second-order valence-electron chi connectivity index (χ2n) is 6.72. The van der Waals surface area contributed by atoms with Crippen LogP contribution >= 0.6 is 0 Å². The van der Waals surface area contributed by atoms with Crippen LogP contribution in [0.1, 0.15) is 38.7 Å². The fourth-order valence-corrected chi connectivity index (χ4v) is 3.32. The SMILES string of the molecule is C[C@@H](CNC(=O)C1(c2ccc(F)cc2F)CCOCC1)C[C@@H](C)O. The summed E-state index contributed by atoms with van der Waals surface area (Å²) in [5, 5.41) is 12.3. The minimum atomic E-state index is -1.04. The van der Waals surface area contributed by atoms with Crippen molar-refractivity contribution < 1.29 is 23.4 Å². The van der Waals surface area contributed by atoms with Crippen molar-refractivity contribution in [1.82, 2.24) is 5.32 Å². The molecule has 0 radical (unpaired) electrons. The van der Waals surface area contributed by atoms with Crippen molar-refractivity contribution in [2.24, 2.45) is 5.92 Å². The molecule has 0 aromatic heterocycles. The van der Waals surface area contributed by atoms with Crippen LogP contribution in [0.5, 0.6) is 0 Å². The summed E-state index contributed by atoms with van der Waals surface area (Å²) >= 11 is 0. The Labute approximate surface area is 141 Å². The number of nitrogens with one attached hydrogen (secondary N) is 1. The number of aliphatic hydroxyl groups excluding tert-OH is 1. The predicted octanol–water partition coefficient (Wildman–Crippen LogP) is 2.54. The topological polar surface area (TPSA) is 58.6 Å². The van der Waals surface area contributed by atoms with Gasteiger partial charge in [-0.05, 0) is 38.2 Å². The lowest BCUT2D eigenvalue weighted by molar-refractivity contribution is -0.130. The van der Waals surface area contributed by atoms with Crippen LogP contribution in [0.3, 0.4) is 0 Å². The van der Waals surface area contributed by atoms with E-state index in [9.17, 15) is 18.7 Å². The lowest BCUT2D eigenvalue weighted by Gasteiger charge is -2.36. The second-order valence-corrected chi connectivity index (χ2v) is 6.72. The highest BCUT2D eigenvalue weighted by atomic mass is 19.1. The summed E-state index contributed by atoms with van der Waals surface area (Å²) in [7, 11) is 0. The lowest BCUT2D eigenvalue weighted by atomic mass is 9.73. The van der Waals surface area contributed by atoms with Crippen molar-refractivity contribution in [2.45, 2.75) is 44.6 Å². The van der Waals surface area contributed by atoms with Crippen LogP contribution < -0.4 is 5.32 Å². The smallest absolute Gasteiger partial charge is 0.230 e. The molecule has 1 heterocycles. The summed E-state index contributed by atoms with van der Waals surface area (Å²) in [5.74, 6) is -1.54. The molecule has 0 aliphatic carbocycles. The number of ether oxygens (including phenoxy) is 1. The monoisotopic (exact) mass is 341 g/mol. The van der Waals surface area contributed by atoms with Crippen LogP contribution in [-0.2, 0) is 14.9 Å². The number of hydrogen-bond acceptors (Lipinski definition) is 3. The van der Waals surface area contributed by atoms with Crippen molar-refractivity contribution in [1.29, 1.82) is 0 Å². The maximum absolute atomic E-state index is 14.3. The van der Waals surface area contributed by atoms with Gasteiger partial charge in [-0.2, -0.15) is 0 Å². The molecule has 6 heteroatoms. The van der Waals surface area contributed by atoms with Gasteiger partial charge in [-0.15, -0.1) is 0 Å². The molecule has 0 unspecified atom stereocenters. The number of aliphatic hydroxyl groups is 1. The number of carbonyl (C=O) groups excluding carboxylic acids is 1. The van der Waals surface area contributed by atoms with E-state index in [0.717, 1.165) is 6.07 Å². The van der Waals surface area contributed by atoms with Gasteiger partial charge in [0.25, 0.3) is 0 Å². The Bertz CT molecular complexity index is 571. The van der Waals surface area contributed by atoms with Gasteiger partial charge >= 0.3 is 0 Å². The van der Waals surface area contributed by atoms with Gasteiger partial charge in [0.15, 0.2) is 0 Å². The maximum Gasteiger partial charge on any atom is 0.230 e. The van der Waals surface area contributed by atoms with Crippen LogP contribution in [0.25, 0.3) is 0 Å². The standard InChI is InChI=1S/C18H25F2NO3/c1-12(9-13(2)22)11-21-17(23)18(5-7-24-8-6-18)15-4-3-14(19)10-16(15)20/h3-4,10,12-13,22H,5-9,11H2,1-2H3,(H,21,23)/t12-,13-/m1/s1. The zero-order chi connectivity index (χ0) is 17.7. The van der Waals surface area contributed by atoms with Crippen molar-refractivity contribution in [3.05, 3.63) is 35.4 Å². The van der Waals surface area contributed by atoms with Gasteiger partial charge in [-0.25, -0.2) is 8.78 Å². The molecule has 1 aromatic rings. The normalized spacial score (nSPS) is 19.5. The number of benzene rings is 1. The quantitative estimate of drug-likeness (QED) is 0.836. The van der Waals surface area contributed by atoms with Gasteiger partial charge in [0.2, 0.25) is 5.91 Å². The summed E-state index contributed by atoms with van der Waals surface area (Å²) in [6, 6.07) is 3.35. The maximum atomic E-state index is 14.3. The molecule has 134 valence electrons. The first-order valence-corrected chi connectivity index (χ1v) is 8.35. The van der Waals surface area contributed by atoms with E-state index >= 15 is 0 Å². The molecule has 2 atom stereocenters. The zero-order valence-electron chi connectivity index (χ0n) is 14.1. The number of halogens is 2. The number of carbonyl (C=O) groups is 1. The van der Waals surface area contributed by atoms with Gasteiger partial charge < -0.3 is 15.2 Å². The van der Waals surface area contributed by atoms with E-state index in [1.807, 2.05) is 6.92 Å². The fraction of sp³-hybridized carbons (Fsp3) is 0.611. The van der Waals surface area contributed by atoms with Crippen LogP contribution in [0.4, 0.5) is 8.78 Å². The largest absolute Gasteiger partial charge is 0.393 e. The summed E-state index contributed by atoms with van der Waals surface area (Å²) < 4.78 is 32.9. The highest BCUT2D eigenvalue weighted by Crippen LogP contribution is 2.37. The third-order valence-electron chi connectivity index (χ3n) is 4.58. The Morgan fingerprint density at radius 2 is 2.00 bits per heavy atom. The van der Waals surface area contributed by atoms with E-state index in [1.54, 1.807) is 6.92 Å².